The number of rotatable bonds is 11. The van der Waals surface area contributed by atoms with Gasteiger partial charge in [0.05, 0.1) is 30.5 Å². The van der Waals surface area contributed by atoms with Crippen molar-refractivity contribution >= 4 is 29.8 Å². The predicted molar refractivity (Wildman–Crippen MR) is 145 cm³/mol. The summed E-state index contributed by atoms with van der Waals surface area (Å²) < 4.78 is 16.8. The predicted octanol–water partition coefficient (Wildman–Crippen LogP) is -1.27. The molecule has 44 heavy (non-hydrogen) atoms. The van der Waals surface area contributed by atoms with Crippen molar-refractivity contribution in [1.82, 2.24) is 10.2 Å². The first kappa shape index (κ1) is 31.4. The first-order valence-electron chi connectivity index (χ1n) is 14.1. The molecule has 0 unspecified atom stereocenters. The zero-order valence-electron chi connectivity index (χ0n) is 24.0. The van der Waals surface area contributed by atoms with E-state index in [1.54, 1.807) is 6.07 Å². The smallest absolute Gasteiger partial charge is 0.340 e. The normalized spacial score (nSPS) is 28.3. The van der Waals surface area contributed by atoms with Crippen LogP contribution in [0.3, 0.4) is 0 Å². The highest BCUT2D eigenvalue weighted by atomic mass is 16.6. The van der Waals surface area contributed by atoms with E-state index in [9.17, 15) is 39.3 Å². The molecular weight excluding hydrogens is 584 g/mol. The van der Waals surface area contributed by atoms with Gasteiger partial charge in [0.15, 0.2) is 18.3 Å². The number of piperidine rings is 1. The Morgan fingerprint density at radius 2 is 1.91 bits per heavy atom. The van der Waals surface area contributed by atoms with Gasteiger partial charge in [0.2, 0.25) is 0 Å². The Labute approximate surface area is 251 Å². The third-order valence-electron chi connectivity index (χ3n) is 9.15. The molecule has 0 saturated carbocycles. The number of amides is 1. The van der Waals surface area contributed by atoms with Crippen LogP contribution in [-0.2, 0) is 51.9 Å². The standard InChI is InChI=1S/C29H34N2O13/c1-13(25(37)30-16(26(38)39)10-20(34)35)42-21(36)11-17(33)27(40)43-18-5-6-29(41)19-9-14-3-4-15(12-32)23-22(14)28(29,24(18)44-23)7-8-31(19)2/h3-5,13,16-17,19,24,32-33,41H,6-12H2,1-2H3,(H,30,37)(H,34,35)(H,38,39)/t13-,16+,17-,19+,24-,28-,29+/m0/s1. The van der Waals surface area contributed by atoms with Gasteiger partial charge >= 0.3 is 23.9 Å². The van der Waals surface area contributed by atoms with Gasteiger partial charge in [0, 0.05) is 23.6 Å². The maximum absolute atomic E-state index is 13.0. The Balaban J connectivity index is 1.28. The Bertz CT molecular complexity index is 1440. The van der Waals surface area contributed by atoms with Gasteiger partial charge in [0.25, 0.3) is 5.91 Å². The van der Waals surface area contributed by atoms with Crippen molar-refractivity contribution in [1.29, 1.82) is 0 Å². The molecule has 0 radical (unpaired) electrons. The molecule has 2 bridgehead atoms. The van der Waals surface area contributed by atoms with Gasteiger partial charge in [-0.2, -0.15) is 0 Å². The molecule has 1 fully saturated rings. The number of esters is 2. The first-order chi connectivity index (χ1) is 20.7. The quantitative estimate of drug-likeness (QED) is 0.159. The molecule has 2 aliphatic carbocycles. The average Bonchev–Trinajstić information content (AvgIpc) is 3.31. The van der Waals surface area contributed by atoms with Crippen LogP contribution in [0.15, 0.2) is 24.0 Å². The second kappa shape index (κ2) is 11.5. The Kier molecular flexibility index (Phi) is 8.18. The summed E-state index contributed by atoms with van der Waals surface area (Å²) >= 11 is 0. The molecule has 2 aliphatic heterocycles. The van der Waals surface area contributed by atoms with E-state index in [4.69, 9.17) is 24.4 Å². The number of likely N-dealkylation sites (tertiary alicyclic amines) is 1. The maximum atomic E-state index is 13.0. The number of carboxylic acids is 2. The lowest BCUT2D eigenvalue weighted by molar-refractivity contribution is -0.173. The minimum atomic E-state index is -2.01. The molecule has 1 aromatic carbocycles. The number of aliphatic hydroxyl groups is 3. The molecule has 2 heterocycles. The number of carbonyl (C=O) groups excluding carboxylic acids is 3. The van der Waals surface area contributed by atoms with Gasteiger partial charge in [-0.15, -0.1) is 0 Å². The number of carbonyl (C=O) groups is 5. The van der Waals surface area contributed by atoms with Crippen LogP contribution in [0, 0.1) is 0 Å². The topological polar surface area (TPSA) is 229 Å². The number of benzene rings is 1. The Morgan fingerprint density at radius 3 is 2.57 bits per heavy atom. The van der Waals surface area contributed by atoms with E-state index in [0.29, 0.717) is 30.7 Å². The number of likely N-dealkylation sites (N-methyl/N-ethyl adjacent to an activating group) is 1. The second-order valence-electron chi connectivity index (χ2n) is 11.7. The van der Waals surface area contributed by atoms with Crippen molar-refractivity contribution in [3.8, 4) is 5.75 Å². The molecule has 7 atom stereocenters. The average molecular weight is 619 g/mol. The molecule has 1 amide bonds. The summed E-state index contributed by atoms with van der Waals surface area (Å²) in [6, 6.07) is 1.67. The summed E-state index contributed by atoms with van der Waals surface area (Å²) in [5.74, 6) is -6.07. The van der Waals surface area contributed by atoms with E-state index in [1.165, 1.54) is 6.08 Å². The summed E-state index contributed by atoms with van der Waals surface area (Å²) in [4.78, 5) is 61.7. The Hall–Kier alpha value is -4.05. The molecule has 6 N–H and O–H groups in total. The number of hydrogen-bond donors (Lipinski definition) is 6. The van der Waals surface area contributed by atoms with Crippen molar-refractivity contribution in [3.63, 3.8) is 0 Å². The number of nitrogens with zero attached hydrogens (tertiary/aromatic N) is 1. The Morgan fingerprint density at radius 1 is 1.18 bits per heavy atom. The molecule has 1 spiro atoms. The minimum absolute atomic E-state index is 0.0502. The van der Waals surface area contributed by atoms with Crippen molar-refractivity contribution < 1.29 is 63.7 Å². The fraction of sp³-hybridized carbons (Fsp3) is 0.552. The molecule has 15 nitrogen and oxygen atoms in total. The van der Waals surface area contributed by atoms with Crippen LogP contribution < -0.4 is 10.1 Å². The SMILES string of the molecule is C[C@H](OC(=O)C[C@H](O)C(=O)OC1=CC[C@@]2(O)[C@H]3Cc4ccc(CO)c5c4[C@@]2(CCN3C)[C@H]1O5)C(=O)N[C@H](CC(=O)O)C(=O)O. The lowest BCUT2D eigenvalue weighted by Crippen LogP contribution is -2.74. The summed E-state index contributed by atoms with van der Waals surface area (Å²) in [7, 11) is 1.94. The summed E-state index contributed by atoms with van der Waals surface area (Å²) in [5.41, 5.74) is 0.0240. The van der Waals surface area contributed by atoms with Gasteiger partial charge in [-0.3, -0.25) is 14.4 Å². The van der Waals surface area contributed by atoms with Gasteiger partial charge in [-0.05, 0) is 45.0 Å². The van der Waals surface area contributed by atoms with Crippen LogP contribution in [0.2, 0.25) is 0 Å². The number of aliphatic carboxylic acids is 2. The van der Waals surface area contributed by atoms with Crippen molar-refractivity contribution in [2.75, 3.05) is 13.6 Å². The highest BCUT2D eigenvalue weighted by molar-refractivity contribution is 5.90. The van der Waals surface area contributed by atoms with E-state index >= 15 is 0 Å². The third-order valence-corrected chi connectivity index (χ3v) is 9.15. The highest BCUT2D eigenvalue weighted by Gasteiger charge is 2.72. The lowest BCUT2D eigenvalue weighted by Gasteiger charge is -2.61. The van der Waals surface area contributed by atoms with Crippen LogP contribution in [0.1, 0.15) is 49.3 Å². The van der Waals surface area contributed by atoms with E-state index in [1.807, 2.05) is 18.4 Å². The number of carboxylic acid groups (broad SMARTS) is 2. The zero-order chi connectivity index (χ0) is 32.1. The van der Waals surface area contributed by atoms with E-state index in [-0.39, 0.29) is 24.8 Å². The van der Waals surface area contributed by atoms with E-state index < -0.39 is 78.0 Å². The summed E-state index contributed by atoms with van der Waals surface area (Å²) in [6.45, 7) is 1.42. The number of nitrogens with one attached hydrogen (secondary N) is 1. The second-order valence-corrected chi connectivity index (χ2v) is 11.7. The van der Waals surface area contributed by atoms with Gasteiger partial charge in [0.1, 0.15) is 17.6 Å². The van der Waals surface area contributed by atoms with Crippen molar-refractivity contribution in [2.45, 2.75) is 87.0 Å². The van der Waals surface area contributed by atoms with Crippen molar-refractivity contribution in [2.24, 2.45) is 0 Å². The van der Waals surface area contributed by atoms with Crippen LogP contribution in [0.5, 0.6) is 5.75 Å². The molecule has 1 saturated heterocycles. The number of hydrogen-bond acceptors (Lipinski definition) is 12. The molecule has 238 valence electrons. The molecule has 0 aromatic heterocycles. The highest BCUT2D eigenvalue weighted by Crippen LogP contribution is 2.64. The van der Waals surface area contributed by atoms with Gasteiger partial charge < -0.3 is 50.0 Å². The summed E-state index contributed by atoms with van der Waals surface area (Å²) in [5, 5.41) is 52.5. The lowest BCUT2D eigenvalue weighted by atomic mass is 9.50. The fourth-order valence-corrected chi connectivity index (χ4v) is 7.02. The molecular formula is C29H34N2O13. The monoisotopic (exact) mass is 618 g/mol. The fourth-order valence-electron chi connectivity index (χ4n) is 7.02. The molecule has 1 aromatic rings. The van der Waals surface area contributed by atoms with Crippen LogP contribution in [0.25, 0.3) is 0 Å². The van der Waals surface area contributed by atoms with Crippen LogP contribution in [-0.4, -0.2) is 110 Å². The molecule has 15 heteroatoms. The van der Waals surface area contributed by atoms with E-state index in [2.05, 4.69) is 4.90 Å². The summed E-state index contributed by atoms with van der Waals surface area (Å²) in [6.07, 6.45) is -3.65. The molecule has 5 rings (SSSR count). The minimum Gasteiger partial charge on any atom is -0.481 e. The van der Waals surface area contributed by atoms with Crippen molar-refractivity contribution in [3.05, 3.63) is 40.7 Å². The van der Waals surface area contributed by atoms with Gasteiger partial charge in [-0.25, -0.2) is 9.59 Å². The van der Waals surface area contributed by atoms with Gasteiger partial charge in [-0.1, -0.05) is 12.1 Å². The maximum Gasteiger partial charge on any atom is 0.340 e. The third kappa shape index (κ3) is 4.99. The van der Waals surface area contributed by atoms with E-state index in [0.717, 1.165) is 18.1 Å². The van der Waals surface area contributed by atoms with Crippen LogP contribution in [0.4, 0.5) is 0 Å². The number of aliphatic hydroxyl groups excluding tert-OH is 2. The zero-order valence-corrected chi connectivity index (χ0v) is 24.0. The number of ether oxygens (including phenoxy) is 3. The molecule has 4 aliphatic rings. The first-order valence-corrected chi connectivity index (χ1v) is 14.1. The largest absolute Gasteiger partial charge is 0.481 e. The van der Waals surface area contributed by atoms with Crippen LogP contribution >= 0.6 is 0 Å².